The van der Waals surface area contributed by atoms with Gasteiger partial charge in [0.2, 0.25) is 0 Å². The van der Waals surface area contributed by atoms with Crippen molar-refractivity contribution in [3.05, 3.63) is 0 Å². The minimum Gasteiger partial charge on any atom is -0.480 e. The number of carbonyl (C=O) groups is 1. The molecule has 13 heavy (non-hydrogen) atoms. The Morgan fingerprint density at radius 3 is 2.08 bits per heavy atom. The highest BCUT2D eigenvalue weighted by molar-refractivity contribution is 6.77. The second-order valence-electron chi connectivity index (χ2n) is 3.52. The summed E-state index contributed by atoms with van der Waals surface area (Å²) in [7, 11) is -1.53. The maximum Gasteiger partial charge on any atom is 0.320 e. The van der Waals surface area contributed by atoms with Gasteiger partial charge in [0, 0.05) is 0 Å². The Kier molecular flexibility index (Phi) is 11.0. The van der Waals surface area contributed by atoms with Crippen molar-refractivity contribution in [2.24, 2.45) is 11.5 Å². The summed E-state index contributed by atoms with van der Waals surface area (Å²) >= 11 is 0. The molecule has 0 spiro atoms. The number of carboxylic acid groups (broad SMARTS) is 1. The summed E-state index contributed by atoms with van der Waals surface area (Å²) in [5, 5.41) is 8.50. The summed E-state index contributed by atoms with van der Waals surface area (Å²) in [6.45, 7) is 4.08. The van der Waals surface area contributed by atoms with Crippen molar-refractivity contribution in [2.75, 3.05) is 6.17 Å². The van der Waals surface area contributed by atoms with Gasteiger partial charge in [-0.3, -0.25) is 4.79 Å². The Morgan fingerprint density at radius 2 is 1.85 bits per heavy atom. The number of rotatable bonds is 4. The quantitative estimate of drug-likeness (QED) is 0.631. The number of hydrogen-bond acceptors (Lipinski definition) is 3. The Hall–Kier alpha value is 0.187. The van der Waals surface area contributed by atoms with E-state index in [4.69, 9.17) is 16.6 Å². The molecule has 0 radical (unpaired) electrons. The predicted octanol–water partition coefficient (Wildman–Crippen LogP) is 0.448. The topological polar surface area (TPSA) is 89.3 Å². The van der Waals surface area contributed by atoms with E-state index in [2.05, 4.69) is 0 Å². The third-order valence-corrected chi connectivity index (χ3v) is 4.29. The monoisotopic (exact) mass is 248 g/mol. The van der Waals surface area contributed by atoms with Crippen LogP contribution in [0, 0.1) is 0 Å². The molecular weight excluding hydrogens is 231 g/mol. The van der Waals surface area contributed by atoms with E-state index in [0.29, 0.717) is 12.2 Å². The molecule has 0 aromatic heterocycles. The van der Waals surface area contributed by atoms with Gasteiger partial charge in [0.25, 0.3) is 0 Å². The highest BCUT2D eigenvalue weighted by atomic mass is 35.5. The van der Waals surface area contributed by atoms with Gasteiger partial charge in [-0.05, 0) is 12.2 Å². The lowest BCUT2D eigenvalue weighted by molar-refractivity contribution is -0.138. The summed E-state index contributed by atoms with van der Waals surface area (Å²) in [5.41, 5.74) is 10.8. The first-order valence-electron chi connectivity index (χ1n) is 3.57. The first-order valence-corrected chi connectivity index (χ1v) is 6.99. The summed E-state index contributed by atoms with van der Waals surface area (Å²) in [6.07, 6.45) is 0.591. The van der Waals surface area contributed by atoms with Crippen LogP contribution < -0.4 is 11.5 Å². The number of halogens is 2. The fraction of sp³-hybridized carbons (Fsp3) is 0.833. The normalized spacial score (nSPS) is 12.3. The Balaban J connectivity index is -0.000000500. The van der Waals surface area contributed by atoms with E-state index in [1.165, 1.54) is 0 Å². The fourth-order valence-electron chi connectivity index (χ4n) is 0.766. The molecule has 82 valence electrons. The molecule has 0 aromatic carbocycles. The summed E-state index contributed by atoms with van der Waals surface area (Å²) in [5.74, 6) is -0.931. The number of hydrogen-bond donors (Lipinski definition) is 3. The molecule has 0 bridgehead atoms. The van der Waals surface area contributed by atoms with E-state index in [-0.39, 0.29) is 24.8 Å². The van der Waals surface area contributed by atoms with Crippen molar-refractivity contribution in [2.45, 2.75) is 25.2 Å². The van der Waals surface area contributed by atoms with Gasteiger partial charge in [-0.2, -0.15) is 0 Å². The minimum absolute atomic E-state index is 0. The number of aliphatic carboxylic acids is 1. The SMILES string of the molecule is C[Si](C)(CN)CC(N)C(=O)O.Cl.Cl. The fourth-order valence-corrected chi connectivity index (χ4v) is 2.30. The van der Waals surface area contributed by atoms with Crippen molar-refractivity contribution >= 4 is 38.9 Å². The van der Waals surface area contributed by atoms with E-state index >= 15 is 0 Å². The molecule has 0 aliphatic carbocycles. The van der Waals surface area contributed by atoms with Gasteiger partial charge >= 0.3 is 5.97 Å². The van der Waals surface area contributed by atoms with Crippen LogP contribution in [0.3, 0.4) is 0 Å². The highest BCUT2D eigenvalue weighted by Gasteiger charge is 2.25. The van der Waals surface area contributed by atoms with E-state index in [1.54, 1.807) is 0 Å². The average molecular weight is 249 g/mol. The van der Waals surface area contributed by atoms with E-state index in [1.807, 2.05) is 13.1 Å². The molecule has 0 aromatic rings. The van der Waals surface area contributed by atoms with Crippen molar-refractivity contribution in [3.8, 4) is 0 Å². The molecule has 0 heterocycles. The van der Waals surface area contributed by atoms with Gasteiger partial charge in [-0.15, -0.1) is 24.8 Å². The lowest BCUT2D eigenvalue weighted by Gasteiger charge is -2.21. The van der Waals surface area contributed by atoms with Crippen LogP contribution in [0.5, 0.6) is 0 Å². The zero-order valence-corrected chi connectivity index (χ0v) is 10.5. The van der Waals surface area contributed by atoms with E-state index in [9.17, 15) is 4.79 Å². The van der Waals surface area contributed by atoms with Crippen LogP contribution in [0.2, 0.25) is 19.1 Å². The van der Waals surface area contributed by atoms with Gasteiger partial charge in [0.1, 0.15) is 6.04 Å². The Morgan fingerprint density at radius 1 is 1.46 bits per heavy atom. The smallest absolute Gasteiger partial charge is 0.320 e. The van der Waals surface area contributed by atoms with Crippen LogP contribution in [0.4, 0.5) is 0 Å². The lowest BCUT2D eigenvalue weighted by atomic mass is 10.4. The molecule has 0 aliphatic heterocycles. The van der Waals surface area contributed by atoms with Crippen LogP contribution in [0.1, 0.15) is 0 Å². The zero-order chi connectivity index (χ0) is 9.07. The summed E-state index contributed by atoms with van der Waals surface area (Å²) in [4.78, 5) is 10.3. The van der Waals surface area contributed by atoms with Crippen LogP contribution in [0.25, 0.3) is 0 Å². The molecule has 0 rings (SSSR count). The van der Waals surface area contributed by atoms with Gasteiger partial charge < -0.3 is 16.6 Å². The van der Waals surface area contributed by atoms with Gasteiger partial charge in [-0.1, -0.05) is 13.1 Å². The molecular formula is C6H18Cl2N2O2Si. The lowest BCUT2D eigenvalue weighted by Crippen LogP contribution is -2.44. The van der Waals surface area contributed by atoms with Gasteiger partial charge in [0.05, 0.1) is 8.07 Å². The summed E-state index contributed by atoms with van der Waals surface area (Å²) in [6, 6.07) is -0.182. The third-order valence-electron chi connectivity index (χ3n) is 1.64. The average Bonchev–Trinajstić information content (AvgIpc) is 1.87. The van der Waals surface area contributed by atoms with Crippen LogP contribution >= 0.6 is 24.8 Å². The molecule has 7 heteroatoms. The summed E-state index contributed by atoms with van der Waals surface area (Å²) < 4.78 is 0. The van der Waals surface area contributed by atoms with Crippen molar-refractivity contribution in [1.82, 2.24) is 0 Å². The van der Waals surface area contributed by atoms with Crippen LogP contribution in [-0.4, -0.2) is 31.4 Å². The Labute approximate surface area is 91.9 Å². The molecule has 0 aliphatic rings. The van der Waals surface area contributed by atoms with Crippen molar-refractivity contribution in [1.29, 1.82) is 0 Å². The molecule has 0 fully saturated rings. The number of carboxylic acids is 1. The van der Waals surface area contributed by atoms with Crippen molar-refractivity contribution < 1.29 is 9.90 Å². The van der Waals surface area contributed by atoms with Crippen molar-refractivity contribution in [3.63, 3.8) is 0 Å². The van der Waals surface area contributed by atoms with E-state index in [0.717, 1.165) is 0 Å². The minimum atomic E-state index is -1.53. The zero-order valence-electron chi connectivity index (χ0n) is 7.82. The third kappa shape index (κ3) is 8.52. The largest absolute Gasteiger partial charge is 0.480 e. The van der Waals surface area contributed by atoms with E-state index < -0.39 is 20.1 Å². The standard InChI is InChI=1S/C6H16N2O2Si.2ClH/c1-11(2,4-7)3-5(8)6(9)10;;/h5H,3-4,7-8H2,1-2H3,(H,9,10);2*1H. The highest BCUT2D eigenvalue weighted by Crippen LogP contribution is 2.08. The second kappa shape index (κ2) is 7.58. The maximum atomic E-state index is 10.3. The second-order valence-corrected chi connectivity index (χ2v) is 8.66. The number of nitrogens with two attached hydrogens (primary N) is 2. The van der Waals surface area contributed by atoms with Gasteiger partial charge in [0.15, 0.2) is 0 Å². The molecule has 5 N–H and O–H groups in total. The molecule has 0 saturated heterocycles. The molecule has 4 nitrogen and oxygen atoms in total. The predicted molar refractivity (Wildman–Crippen MR) is 61.5 cm³/mol. The Bertz CT molecular complexity index is 158. The van der Waals surface area contributed by atoms with Gasteiger partial charge in [-0.25, -0.2) is 0 Å². The molecule has 0 saturated carbocycles. The first-order chi connectivity index (χ1) is 4.89. The first kappa shape index (κ1) is 18.9. The van der Waals surface area contributed by atoms with Crippen LogP contribution in [-0.2, 0) is 4.79 Å². The van der Waals surface area contributed by atoms with Crippen LogP contribution in [0.15, 0.2) is 0 Å². The molecule has 0 amide bonds. The molecule has 1 atom stereocenters. The molecule has 1 unspecified atom stereocenters. The maximum absolute atomic E-state index is 10.3.